The zero-order valence-electron chi connectivity index (χ0n) is 22.3. The van der Waals surface area contributed by atoms with Crippen LogP contribution in [0.15, 0.2) is 65.7 Å². The summed E-state index contributed by atoms with van der Waals surface area (Å²) in [5, 5.41) is 16.2. The van der Waals surface area contributed by atoms with Gasteiger partial charge in [-0.3, -0.25) is 9.78 Å². The number of piperidine rings is 1. The summed E-state index contributed by atoms with van der Waals surface area (Å²) in [4.78, 5) is 21.2. The van der Waals surface area contributed by atoms with Gasteiger partial charge in [-0.15, -0.1) is 0 Å². The predicted molar refractivity (Wildman–Crippen MR) is 156 cm³/mol. The van der Waals surface area contributed by atoms with Crippen molar-refractivity contribution in [2.24, 2.45) is 0 Å². The number of halogens is 2. The predicted octanol–water partition coefficient (Wildman–Crippen LogP) is 4.25. The number of rotatable bonds is 10. The Morgan fingerprint density at radius 3 is 2.48 bits per heavy atom. The normalized spacial score (nSPS) is 14.5. The number of nitrogen functional groups attached to an aromatic ring is 1. The third-order valence-electron chi connectivity index (χ3n) is 6.82. The molecule has 10 nitrogen and oxygen atoms in total. The lowest BCUT2D eigenvalue weighted by Gasteiger charge is -2.31. The van der Waals surface area contributed by atoms with Crippen LogP contribution in [0.4, 0.5) is 25.4 Å². The molecule has 5 rings (SSSR count). The van der Waals surface area contributed by atoms with E-state index in [-0.39, 0.29) is 40.5 Å². The number of nitrogens with two attached hydrogens (primary N) is 1. The average molecular weight is 615 g/mol. The number of hydrogen-bond acceptors (Lipinski definition) is 10. The molecule has 1 fully saturated rings. The van der Waals surface area contributed by atoms with Crippen LogP contribution >= 0.6 is 11.3 Å². The van der Waals surface area contributed by atoms with Gasteiger partial charge in [0.1, 0.15) is 33.0 Å². The van der Waals surface area contributed by atoms with Crippen molar-refractivity contribution in [3.8, 4) is 5.75 Å². The number of anilines is 3. The molecule has 5 N–H and O–H groups in total. The molecule has 0 radical (unpaired) electrons. The molecule has 0 saturated carbocycles. The quantitative estimate of drug-likeness (QED) is 0.192. The number of phenols is 1. The number of benzene rings is 2. The molecule has 0 bridgehead atoms. The van der Waals surface area contributed by atoms with E-state index in [1.54, 1.807) is 30.3 Å². The van der Waals surface area contributed by atoms with E-state index in [1.165, 1.54) is 16.6 Å². The molecule has 0 aliphatic carbocycles. The number of hydrogen-bond donors (Lipinski definition) is 4. The van der Waals surface area contributed by atoms with Crippen molar-refractivity contribution in [2.45, 2.75) is 30.2 Å². The topological polar surface area (TPSA) is 151 Å². The number of nitrogens with one attached hydrogen (secondary N) is 2. The Kier molecular flexibility index (Phi) is 8.66. The lowest BCUT2D eigenvalue weighted by Crippen LogP contribution is -2.42. The van der Waals surface area contributed by atoms with Crippen molar-refractivity contribution in [1.29, 1.82) is 0 Å². The van der Waals surface area contributed by atoms with Crippen LogP contribution in [-0.4, -0.2) is 59.3 Å². The van der Waals surface area contributed by atoms with Crippen molar-refractivity contribution in [3.05, 3.63) is 88.6 Å². The summed E-state index contributed by atoms with van der Waals surface area (Å²) in [6, 6.07) is 13.0. The molecule has 220 valence electrons. The maximum absolute atomic E-state index is 14.1. The summed E-state index contributed by atoms with van der Waals surface area (Å²) in [6.07, 6.45) is 2.86. The molecule has 4 aromatic rings. The standard InChI is InChI=1S/C28H28F2N6O4S2/c29-22-5-2-6-23(30)24(22)25(38)26-27(31)35-28(41-26)34-18-10-13-36(14-11-18)42(39,40)21-8-7-17(33-16-21)9-12-32-19-3-1-4-20(37)15-19/h1-8,15-16,18,32,37H,9-14,31H2,(H,34,35). The lowest BCUT2D eigenvalue weighted by atomic mass is 10.1. The molecule has 1 aliphatic heterocycles. The molecule has 1 saturated heterocycles. The summed E-state index contributed by atoms with van der Waals surface area (Å²) in [5.74, 6) is -2.82. The Hall–Kier alpha value is -4.14. The zero-order chi connectivity index (χ0) is 29.9. The number of carbonyl (C=O) groups is 1. The largest absolute Gasteiger partial charge is 0.508 e. The molecule has 0 atom stereocenters. The van der Waals surface area contributed by atoms with E-state index in [9.17, 15) is 27.1 Å². The van der Waals surface area contributed by atoms with E-state index in [1.807, 2.05) is 6.07 Å². The third-order valence-corrected chi connectivity index (χ3v) is 9.71. The second-order valence-electron chi connectivity index (χ2n) is 9.69. The molecule has 3 heterocycles. The molecular formula is C28H28F2N6O4S2. The first-order chi connectivity index (χ1) is 20.1. The van der Waals surface area contributed by atoms with Gasteiger partial charge < -0.3 is 21.5 Å². The molecule has 2 aromatic heterocycles. The van der Waals surface area contributed by atoms with Gasteiger partial charge in [-0.25, -0.2) is 22.2 Å². The molecule has 14 heteroatoms. The minimum atomic E-state index is -3.75. The second kappa shape index (κ2) is 12.4. The smallest absolute Gasteiger partial charge is 0.244 e. The van der Waals surface area contributed by atoms with E-state index in [2.05, 4.69) is 20.6 Å². The van der Waals surface area contributed by atoms with Crippen LogP contribution in [0.25, 0.3) is 0 Å². The summed E-state index contributed by atoms with van der Waals surface area (Å²) in [7, 11) is -3.75. The van der Waals surface area contributed by atoms with E-state index in [0.29, 0.717) is 30.9 Å². The number of sulfonamides is 1. The zero-order valence-corrected chi connectivity index (χ0v) is 23.9. The maximum Gasteiger partial charge on any atom is 0.244 e. The third kappa shape index (κ3) is 6.50. The minimum absolute atomic E-state index is 0.0763. The first-order valence-corrected chi connectivity index (χ1v) is 15.4. The number of pyridine rings is 1. The fraction of sp³-hybridized carbons (Fsp3) is 0.250. The van der Waals surface area contributed by atoms with E-state index < -0.39 is 33.0 Å². The number of ketones is 1. The molecule has 0 spiro atoms. The van der Waals surface area contributed by atoms with Gasteiger partial charge in [-0.2, -0.15) is 4.31 Å². The van der Waals surface area contributed by atoms with Gasteiger partial charge in [-0.05, 0) is 49.2 Å². The number of aromatic nitrogens is 2. The van der Waals surface area contributed by atoms with Gasteiger partial charge >= 0.3 is 0 Å². The summed E-state index contributed by atoms with van der Waals surface area (Å²) in [5.41, 5.74) is 6.70. The number of carbonyl (C=O) groups excluding carboxylic acids is 1. The van der Waals surface area contributed by atoms with Crippen LogP contribution in [0.2, 0.25) is 0 Å². The molecule has 0 unspecified atom stereocenters. The second-order valence-corrected chi connectivity index (χ2v) is 12.6. The number of nitrogens with zero attached hydrogens (tertiary/aromatic N) is 3. The van der Waals surface area contributed by atoms with Crippen molar-refractivity contribution < 1.29 is 27.1 Å². The van der Waals surface area contributed by atoms with Gasteiger partial charge in [0, 0.05) is 55.7 Å². The van der Waals surface area contributed by atoms with Crippen LogP contribution in [0.3, 0.4) is 0 Å². The molecular weight excluding hydrogens is 586 g/mol. The maximum atomic E-state index is 14.1. The lowest BCUT2D eigenvalue weighted by molar-refractivity contribution is 0.103. The fourth-order valence-electron chi connectivity index (χ4n) is 4.61. The van der Waals surface area contributed by atoms with Crippen molar-refractivity contribution in [2.75, 3.05) is 36.0 Å². The van der Waals surface area contributed by atoms with Gasteiger partial charge in [0.15, 0.2) is 5.13 Å². The Morgan fingerprint density at radius 2 is 1.81 bits per heavy atom. The average Bonchev–Trinajstić information content (AvgIpc) is 3.33. The number of aromatic hydroxyl groups is 1. The van der Waals surface area contributed by atoms with Crippen LogP contribution in [0.1, 0.15) is 33.8 Å². The Bertz CT molecular complexity index is 1670. The highest BCUT2D eigenvalue weighted by Crippen LogP contribution is 2.31. The van der Waals surface area contributed by atoms with Crippen LogP contribution in [-0.2, 0) is 16.4 Å². The SMILES string of the molecule is Nc1nc(NC2CCN(S(=O)(=O)c3ccc(CCNc4cccc(O)c4)nc3)CC2)sc1C(=O)c1c(F)cccc1F. The first kappa shape index (κ1) is 29.4. The Labute approximate surface area is 245 Å². The highest BCUT2D eigenvalue weighted by atomic mass is 32.2. The summed E-state index contributed by atoms with van der Waals surface area (Å²) in [6.45, 7) is 1.06. The monoisotopic (exact) mass is 614 g/mol. The Balaban J connectivity index is 1.15. The van der Waals surface area contributed by atoms with Gasteiger partial charge in [0.05, 0.1) is 5.56 Å². The first-order valence-electron chi connectivity index (χ1n) is 13.1. The van der Waals surface area contributed by atoms with E-state index >= 15 is 0 Å². The highest BCUT2D eigenvalue weighted by molar-refractivity contribution is 7.89. The summed E-state index contributed by atoms with van der Waals surface area (Å²) >= 11 is 0.897. The number of phenolic OH excluding ortho intramolecular Hbond substituents is 1. The van der Waals surface area contributed by atoms with Gasteiger partial charge in [-0.1, -0.05) is 23.5 Å². The van der Waals surface area contributed by atoms with Crippen molar-refractivity contribution in [3.63, 3.8) is 0 Å². The van der Waals surface area contributed by atoms with Crippen LogP contribution in [0, 0.1) is 11.6 Å². The molecule has 2 aromatic carbocycles. The minimum Gasteiger partial charge on any atom is -0.508 e. The summed E-state index contributed by atoms with van der Waals surface area (Å²) < 4.78 is 56.0. The van der Waals surface area contributed by atoms with Crippen LogP contribution < -0.4 is 16.4 Å². The van der Waals surface area contributed by atoms with Crippen molar-refractivity contribution >= 4 is 43.8 Å². The van der Waals surface area contributed by atoms with E-state index in [4.69, 9.17) is 5.73 Å². The Morgan fingerprint density at radius 1 is 1.10 bits per heavy atom. The fourth-order valence-corrected chi connectivity index (χ4v) is 6.93. The van der Waals surface area contributed by atoms with Gasteiger partial charge in [0.2, 0.25) is 15.8 Å². The van der Waals surface area contributed by atoms with E-state index in [0.717, 1.165) is 34.9 Å². The van der Waals surface area contributed by atoms with Crippen LogP contribution in [0.5, 0.6) is 5.75 Å². The number of thiazole rings is 1. The molecule has 1 aliphatic rings. The highest BCUT2D eigenvalue weighted by Gasteiger charge is 2.31. The van der Waals surface area contributed by atoms with Crippen molar-refractivity contribution in [1.82, 2.24) is 14.3 Å². The molecule has 42 heavy (non-hydrogen) atoms. The van der Waals surface area contributed by atoms with Gasteiger partial charge in [0.25, 0.3) is 0 Å². The molecule has 0 amide bonds.